The fourth-order valence-electron chi connectivity index (χ4n) is 3.08. The number of ether oxygens (including phenoxy) is 1. The van der Waals surface area contributed by atoms with Crippen molar-refractivity contribution in [1.29, 1.82) is 0 Å². The van der Waals surface area contributed by atoms with Crippen LogP contribution < -0.4 is 15.4 Å². The number of aromatic amines is 1. The maximum absolute atomic E-state index is 5.26. The summed E-state index contributed by atoms with van der Waals surface area (Å²) >= 11 is 0. The van der Waals surface area contributed by atoms with Gasteiger partial charge in [-0.15, -0.1) is 24.0 Å². The molecule has 0 saturated carbocycles. The zero-order chi connectivity index (χ0) is 18.4. The molecule has 144 valence electrons. The summed E-state index contributed by atoms with van der Waals surface area (Å²) in [4.78, 5) is 7.68. The van der Waals surface area contributed by atoms with E-state index in [4.69, 9.17) is 4.74 Å². The summed E-state index contributed by atoms with van der Waals surface area (Å²) in [5, 5.41) is 8.02. The molecule has 6 heteroatoms. The average molecular weight is 478 g/mol. The number of rotatable bonds is 6. The molecule has 5 nitrogen and oxygen atoms in total. The zero-order valence-corrected chi connectivity index (χ0v) is 18.3. The maximum Gasteiger partial charge on any atom is 0.191 e. The van der Waals surface area contributed by atoms with Crippen LogP contribution in [-0.2, 0) is 13.0 Å². The van der Waals surface area contributed by atoms with Crippen molar-refractivity contribution in [2.45, 2.75) is 19.9 Å². The number of fused-ring (bicyclic) bond motifs is 1. The average Bonchev–Trinajstić information content (AvgIpc) is 3.09. The van der Waals surface area contributed by atoms with Crippen LogP contribution in [0.15, 0.2) is 53.7 Å². The van der Waals surface area contributed by atoms with Gasteiger partial charge in [-0.25, -0.2) is 0 Å². The molecule has 3 rings (SSSR count). The number of halogens is 1. The number of nitrogens with one attached hydrogen (secondary N) is 3. The van der Waals surface area contributed by atoms with Gasteiger partial charge in [-0.05, 0) is 42.2 Å². The SMILES string of the molecule is CN=C(NCCc1c[nH]c2c(C)cccc12)NCc1cccc(OC)c1.I. The molecule has 0 unspecified atom stereocenters. The first-order chi connectivity index (χ1) is 12.7. The topological polar surface area (TPSA) is 61.4 Å². The lowest BCUT2D eigenvalue weighted by molar-refractivity contribution is 0.414. The lowest BCUT2D eigenvalue weighted by atomic mass is 10.1. The zero-order valence-electron chi connectivity index (χ0n) is 16.0. The summed E-state index contributed by atoms with van der Waals surface area (Å²) in [5.74, 6) is 1.66. The molecule has 27 heavy (non-hydrogen) atoms. The smallest absolute Gasteiger partial charge is 0.191 e. The van der Waals surface area contributed by atoms with E-state index in [1.165, 1.54) is 22.0 Å². The number of methoxy groups -OCH3 is 1. The summed E-state index contributed by atoms with van der Waals surface area (Å²) in [6.45, 7) is 3.65. The monoisotopic (exact) mass is 478 g/mol. The van der Waals surface area contributed by atoms with Gasteiger partial charge in [0.25, 0.3) is 0 Å². The van der Waals surface area contributed by atoms with E-state index in [2.05, 4.69) is 58.0 Å². The lowest BCUT2D eigenvalue weighted by Crippen LogP contribution is -2.37. The van der Waals surface area contributed by atoms with Crippen LogP contribution in [0.25, 0.3) is 10.9 Å². The quantitative estimate of drug-likeness (QED) is 0.285. The Labute approximate surface area is 177 Å². The van der Waals surface area contributed by atoms with Gasteiger partial charge in [-0.3, -0.25) is 4.99 Å². The van der Waals surface area contributed by atoms with Crippen molar-refractivity contribution in [3.05, 3.63) is 65.4 Å². The molecule has 0 bridgehead atoms. The third-order valence-corrected chi connectivity index (χ3v) is 4.51. The molecular weight excluding hydrogens is 451 g/mol. The number of H-pyrrole nitrogens is 1. The Kier molecular flexibility index (Phi) is 7.97. The van der Waals surface area contributed by atoms with Crippen molar-refractivity contribution in [2.75, 3.05) is 20.7 Å². The third kappa shape index (κ3) is 5.38. The third-order valence-electron chi connectivity index (χ3n) is 4.51. The number of aryl methyl sites for hydroxylation is 1. The number of nitrogens with zero attached hydrogens (tertiary/aromatic N) is 1. The van der Waals surface area contributed by atoms with E-state index in [1.807, 2.05) is 18.2 Å². The summed E-state index contributed by atoms with van der Waals surface area (Å²) < 4.78 is 5.26. The summed E-state index contributed by atoms with van der Waals surface area (Å²) in [6, 6.07) is 14.4. The van der Waals surface area contributed by atoms with Crippen molar-refractivity contribution >= 4 is 40.8 Å². The molecular formula is C21H27IN4O. The second-order valence-electron chi connectivity index (χ2n) is 6.27. The first kappa shape index (κ1) is 21.1. The fraction of sp³-hybridized carbons (Fsp3) is 0.286. The minimum absolute atomic E-state index is 0. The molecule has 3 aromatic rings. The van der Waals surface area contributed by atoms with Gasteiger partial charge in [0.15, 0.2) is 5.96 Å². The second-order valence-corrected chi connectivity index (χ2v) is 6.27. The highest BCUT2D eigenvalue weighted by Gasteiger charge is 2.06. The molecule has 0 aliphatic heterocycles. The molecule has 0 fully saturated rings. The van der Waals surface area contributed by atoms with Crippen molar-refractivity contribution in [1.82, 2.24) is 15.6 Å². The summed E-state index contributed by atoms with van der Waals surface area (Å²) in [5.41, 5.74) is 4.97. The number of aliphatic imine (C=N–C) groups is 1. The highest BCUT2D eigenvalue weighted by Crippen LogP contribution is 2.21. The van der Waals surface area contributed by atoms with Crippen LogP contribution in [0.3, 0.4) is 0 Å². The Hall–Kier alpha value is -2.22. The number of hydrogen-bond acceptors (Lipinski definition) is 2. The molecule has 0 spiro atoms. The van der Waals surface area contributed by atoms with Gasteiger partial charge in [0.2, 0.25) is 0 Å². The van der Waals surface area contributed by atoms with Gasteiger partial charge in [-0.1, -0.05) is 30.3 Å². The van der Waals surface area contributed by atoms with Crippen LogP contribution in [0.4, 0.5) is 0 Å². The van der Waals surface area contributed by atoms with Gasteiger partial charge >= 0.3 is 0 Å². The molecule has 1 heterocycles. The number of benzene rings is 2. The second kappa shape index (κ2) is 10.2. The van der Waals surface area contributed by atoms with E-state index in [0.717, 1.165) is 30.2 Å². The first-order valence-corrected chi connectivity index (χ1v) is 8.84. The van der Waals surface area contributed by atoms with E-state index < -0.39 is 0 Å². The largest absolute Gasteiger partial charge is 0.497 e. The molecule has 0 aliphatic rings. The fourth-order valence-corrected chi connectivity index (χ4v) is 3.08. The molecule has 0 saturated heterocycles. The van der Waals surface area contributed by atoms with Crippen LogP contribution >= 0.6 is 24.0 Å². The van der Waals surface area contributed by atoms with Gasteiger partial charge in [-0.2, -0.15) is 0 Å². The Morgan fingerprint density at radius 2 is 1.96 bits per heavy atom. The predicted octanol–water partition coefficient (Wildman–Crippen LogP) is 4.01. The summed E-state index contributed by atoms with van der Waals surface area (Å²) in [7, 11) is 3.47. The molecule has 0 atom stereocenters. The Balaban J connectivity index is 0.00000261. The molecule has 1 aromatic heterocycles. The van der Waals surface area contributed by atoms with E-state index in [0.29, 0.717) is 6.54 Å². The van der Waals surface area contributed by atoms with E-state index in [9.17, 15) is 0 Å². The number of guanidine groups is 1. The lowest BCUT2D eigenvalue weighted by Gasteiger charge is -2.12. The molecule has 0 amide bonds. The standard InChI is InChI=1S/C21H26N4O.HI/c1-15-6-4-9-19-17(14-24-20(15)19)10-11-23-21(22-2)25-13-16-7-5-8-18(12-16)26-3;/h4-9,12,14,24H,10-11,13H2,1-3H3,(H2,22,23,25);1H. The Morgan fingerprint density at radius 3 is 2.74 bits per heavy atom. The van der Waals surface area contributed by atoms with Crippen LogP contribution in [0.5, 0.6) is 5.75 Å². The van der Waals surface area contributed by atoms with Crippen molar-refractivity contribution in [3.63, 3.8) is 0 Å². The van der Waals surface area contributed by atoms with Gasteiger partial charge in [0.1, 0.15) is 5.75 Å². The Bertz CT molecular complexity index is 904. The number of para-hydroxylation sites is 1. The van der Waals surface area contributed by atoms with Crippen LogP contribution in [-0.4, -0.2) is 31.6 Å². The van der Waals surface area contributed by atoms with E-state index in [1.54, 1.807) is 14.2 Å². The van der Waals surface area contributed by atoms with Crippen molar-refractivity contribution < 1.29 is 4.74 Å². The molecule has 3 N–H and O–H groups in total. The van der Waals surface area contributed by atoms with Crippen molar-refractivity contribution in [3.8, 4) is 5.75 Å². The van der Waals surface area contributed by atoms with Crippen molar-refractivity contribution in [2.24, 2.45) is 4.99 Å². The van der Waals surface area contributed by atoms with Crippen LogP contribution in [0.2, 0.25) is 0 Å². The minimum atomic E-state index is 0. The van der Waals surface area contributed by atoms with Crippen LogP contribution in [0, 0.1) is 6.92 Å². The molecule has 0 aliphatic carbocycles. The highest BCUT2D eigenvalue weighted by atomic mass is 127. The maximum atomic E-state index is 5.26. The van der Waals surface area contributed by atoms with Gasteiger partial charge < -0.3 is 20.4 Å². The summed E-state index contributed by atoms with van der Waals surface area (Å²) in [6.07, 6.45) is 3.04. The Morgan fingerprint density at radius 1 is 1.15 bits per heavy atom. The first-order valence-electron chi connectivity index (χ1n) is 8.84. The highest BCUT2D eigenvalue weighted by molar-refractivity contribution is 14.0. The minimum Gasteiger partial charge on any atom is -0.497 e. The van der Waals surface area contributed by atoms with Gasteiger partial charge in [0.05, 0.1) is 7.11 Å². The van der Waals surface area contributed by atoms with E-state index >= 15 is 0 Å². The van der Waals surface area contributed by atoms with E-state index in [-0.39, 0.29) is 24.0 Å². The molecule has 2 aromatic carbocycles. The molecule has 0 radical (unpaired) electrons. The normalized spacial score (nSPS) is 11.1. The van der Waals surface area contributed by atoms with Gasteiger partial charge in [0, 0.05) is 37.2 Å². The van der Waals surface area contributed by atoms with Crippen LogP contribution in [0.1, 0.15) is 16.7 Å². The number of hydrogen-bond donors (Lipinski definition) is 3. The number of aromatic nitrogens is 1. The predicted molar refractivity (Wildman–Crippen MR) is 123 cm³/mol.